The molecular weight excluding hydrogens is 214 g/mol. The fraction of sp³-hybridized carbons (Fsp3) is 0.429. The Bertz CT molecular complexity index is 363. The predicted molar refractivity (Wildman–Crippen MR) is 70.8 cm³/mol. The lowest BCUT2D eigenvalue weighted by molar-refractivity contribution is 0.388. The molecule has 17 heavy (non-hydrogen) atoms. The van der Waals surface area contributed by atoms with Gasteiger partial charge in [0, 0.05) is 11.6 Å². The third kappa shape index (κ3) is 3.49. The maximum absolute atomic E-state index is 5.38. The first-order chi connectivity index (χ1) is 8.26. The molecule has 94 valence electrons. The van der Waals surface area contributed by atoms with Gasteiger partial charge in [0.05, 0.1) is 20.3 Å². The normalized spacial score (nSPS) is 11.9. The zero-order valence-corrected chi connectivity index (χ0v) is 10.8. The third-order valence-electron chi connectivity index (χ3n) is 2.63. The molecule has 1 atom stereocenters. The number of benzene rings is 1. The lowest BCUT2D eigenvalue weighted by atomic mass is 10.1. The molecule has 0 aliphatic heterocycles. The predicted octanol–water partition coefficient (Wildman–Crippen LogP) is 2.93. The summed E-state index contributed by atoms with van der Waals surface area (Å²) in [6.07, 6.45) is 2.97. The van der Waals surface area contributed by atoms with E-state index in [4.69, 9.17) is 9.47 Å². The maximum Gasteiger partial charge on any atom is 0.127 e. The average molecular weight is 235 g/mol. The largest absolute Gasteiger partial charge is 0.497 e. The number of methoxy groups -OCH3 is 2. The fourth-order valence-corrected chi connectivity index (χ4v) is 1.70. The van der Waals surface area contributed by atoms with Crippen LogP contribution in [0.3, 0.4) is 0 Å². The van der Waals surface area contributed by atoms with E-state index in [1.165, 1.54) is 0 Å². The molecule has 3 heteroatoms. The second-order valence-corrected chi connectivity index (χ2v) is 3.78. The van der Waals surface area contributed by atoms with Crippen LogP contribution in [0.1, 0.15) is 24.9 Å². The summed E-state index contributed by atoms with van der Waals surface area (Å²) in [5.74, 6) is 1.61. The smallest absolute Gasteiger partial charge is 0.127 e. The monoisotopic (exact) mass is 235 g/mol. The fourth-order valence-electron chi connectivity index (χ4n) is 1.70. The van der Waals surface area contributed by atoms with Gasteiger partial charge < -0.3 is 14.8 Å². The molecule has 0 saturated carbocycles. The first-order valence-corrected chi connectivity index (χ1v) is 5.84. The Hall–Kier alpha value is -1.48. The second-order valence-electron chi connectivity index (χ2n) is 3.78. The summed E-state index contributed by atoms with van der Waals surface area (Å²) in [6, 6.07) is 5.93. The van der Waals surface area contributed by atoms with E-state index < -0.39 is 0 Å². The van der Waals surface area contributed by atoms with E-state index in [0.717, 1.165) is 30.0 Å². The lowest BCUT2D eigenvalue weighted by Gasteiger charge is -2.18. The van der Waals surface area contributed by atoms with Crippen LogP contribution in [0, 0.1) is 0 Å². The molecule has 0 bridgehead atoms. The van der Waals surface area contributed by atoms with Gasteiger partial charge >= 0.3 is 0 Å². The molecule has 1 aromatic rings. The quantitative estimate of drug-likeness (QED) is 0.737. The zero-order valence-electron chi connectivity index (χ0n) is 10.8. The zero-order chi connectivity index (χ0) is 12.7. The molecule has 1 unspecified atom stereocenters. The summed E-state index contributed by atoms with van der Waals surface area (Å²) in [5, 5.41) is 3.41. The van der Waals surface area contributed by atoms with Crippen molar-refractivity contribution in [1.29, 1.82) is 0 Å². The summed E-state index contributed by atoms with van der Waals surface area (Å²) in [5.41, 5.74) is 1.08. The minimum absolute atomic E-state index is 0.107. The van der Waals surface area contributed by atoms with Crippen LogP contribution in [0.5, 0.6) is 11.5 Å². The Morgan fingerprint density at radius 1 is 1.35 bits per heavy atom. The number of ether oxygens (including phenoxy) is 2. The van der Waals surface area contributed by atoms with Crippen molar-refractivity contribution < 1.29 is 9.47 Å². The minimum atomic E-state index is 0.107. The van der Waals surface area contributed by atoms with Gasteiger partial charge in [-0.25, -0.2) is 0 Å². The highest BCUT2D eigenvalue weighted by molar-refractivity contribution is 5.43. The molecule has 0 radical (unpaired) electrons. The average Bonchev–Trinajstić information content (AvgIpc) is 2.39. The van der Waals surface area contributed by atoms with Crippen molar-refractivity contribution in [2.24, 2.45) is 0 Å². The van der Waals surface area contributed by atoms with Crippen LogP contribution in [-0.4, -0.2) is 20.8 Å². The van der Waals surface area contributed by atoms with Crippen molar-refractivity contribution in [3.63, 3.8) is 0 Å². The van der Waals surface area contributed by atoms with E-state index in [9.17, 15) is 0 Å². The van der Waals surface area contributed by atoms with Gasteiger partial charge in [-0.1, -0.05) is 13.0 Å². The second kappa shape index (κ2) is 6.97. The third-order valence-corrected chi connectivity index (χ3v) is 2.63. The van der Waals surface area contributed by atoms with Gasteiger partial charge in [-0.15, -0.1) is 6.58 Å². The van der Waals surface area contributed by atoms with Crippen LogP contribution in [0.15, 0.2) is 30.9 Å². The van der Waals surface area contributed by atoms with Crippen molar-refractivity contribution in [2.45, 2.75) is 19.4 Å². The molecule has 0 aliphatic carbocycles. The van der Waals surface area contributed by atoms with Crippen LogP contribution < -0.4 is 14.8 Å². The molecule has 3 nitrogen and oxygen atoms in total. The van der Waals surface area contributed by atoms with Crippen LogP contribution in [0.25, 0.3) is 0 Å². The van der Waals surface area contributed by atoms with Crippen LogP contribution in [0.4, 0.5) is 0 Å². The number of hydrogen-bond acceptors (Lipinski definition) is 3. The molecule has 0 fully saturated rings. The summed E-state index contributed by atoms with van der Waals surface area (Å²) in [7, 11) is 3.31. The first-order valence-electron chi connectivity index (χ1n) is 5.84. The molecule has 0 heterocycles. The Morgan fingerprint density at radius 2 is 2.12 bits per heavy atom. The van der Waals surface area contributed by atoms with Gasteiger partial charge in [0.25, 0.3) is 0 Å². The molecular formula is C14H21NO2. The highest BCUT2D eigenvalue weighted by Gasteiger charge is 2.12. The Morgan fingerprint density at radius 3 is 2.65 bits per heavy atom. The van der Waals surface area contributed by atoms with E-state index in [2.05, 4.69) is 18.8 Å². The van der Waals surface area contributed by atoms with E-state index >= 15 is 0 Å². The molecule has 1 aromatic carbocycles. The number of nitrogens with one attached hydrogen (secondary N) is 1. The SMILES string of the molecule is C=CC(NCCC)c1ccc(OC)cc1OC. The van der Waals surface area contributed by atoms with Crippen molar-refractivity contribution >= 4 is 0 Å². The van der Waals surface area contributed by atoms with Gasteiger partial charge in [-0.3, -0.25) is 0 Å². The summed E-state index contributed by atoms with van der Waals surface area (Å²) in [4.78, 5) is 0. The Labute approximate surface area is 103 Å². The Kier molecular flexibility index (Phi) is 5.57. The van der Waals surface area contributed by atoms with Crippen LogP contribution in [-0.2, 0) is 0 Å². The van der Waals surface area contributed by atoms with Crippen molar-refractivity contribution in [3.05, 3.63) is 36.4 Å². The number of hydrogen-bond donors (Lipinski definition) is 1. The van der Waals surface area contributed by atoms with Gasteiger partial charge in [-0.2, -0.15) is 0 Å². The molecule has 1 rings (SSSR count). The first kappa shape index (κ1) is 13.6. The topological polar surface area (TPSA) is 30.5 Å². The van der Waals surface area contributed by atoms with E-state index in [1.807, 2.05) is 24.3 Å². The molecule has 1 N–H and O–H groups in total. The van der Waals surface area contributed by atoms with E-state index in [1.54, 1.807) is 14.2 Å². The van der Waals surface area contributed by atoms with Gasteiger partial charge in [0.2, 0.25) is 0 Å². The molecule has 0 saturated heterocycles. The van der Waals surface area contributed by atoms with Gasteiger partial charge in [-0.05, 0) is 25.1 Å². The standard InChI is InChI=1S/C14H21NO2/c1-5-9-15-13(6-2)12-8-7-11(16-3)10-14(12)17-4/h6-8,10,13,15H,2,5,9H2,1,3-4H3. The van der Waals surface area contributed by atoms with E-state index in [-0.39, 0.29) is 6.04 Å². The number of rotatable bonds is 7. The van der Waals surface area contributed by atoms with E-state index in [0.29, 0.717) is 0 Å². The molecule has 0 amide bonds. The van der Waals surface area contributed by atoms with Crippen LogP contribution in [0.2, 0.25) is 0 Å². The highest BCUT2D eigenvalue weighted by atomic mass is 16.5. The van der Waals surface area contributed by atoms with Gasteiger partial charge in [0.1, 0.15) is 11.5 Å². The van der Waals surface area contributed by atoms with Crippen molar-refractivity contribution in [3.8, 4) is 11.5 Å². The van der Waals surface area contributed by atoms with Gasteiger partial charge in [0.15, 0.2) is 0 Å². The minimum Gasteiger partial charge on any atom is -0.497 e. The van der Waals surface area contributed by atoms with Crippen molar-refractivity contribution in [1.82, 2.24) is 5.32 Å². The molecule has 0 aliphatic rings. The highest BCUT2D eigenvalue weighted by Crippen LogP contribution is 2.29. The lowest BCUT2D eigenvalue weighted by Crippen LogP contribution is -2.20. The molecule has 0 aromatic heterocycles. The summed E-state index contributed by atoms with van der Waals surface area (Å²) < 4.78 is 10.6. The summed E-state index contributed by atoms with van der Waals surface area (Å²) in [6.45, 7) is 6.95. The maximum atomic E-state index is 5.38. The Balaban J connectivity index is 2.97. The van der Waals surface area contributed by atoms with Crippen molar-refractivity contribution in [2.75, 3.05) is 20.8 Å². The molecule has 0 spiro atoms. The van der Waals surface area contributed by atoms with Crippen LogP contribution >= 0.6 is 0 Å². The summed E-state index contributed by atoms with van der Waals surface area (Å²) >= 11 is 0.